The van der Waals surface area contributed by atoms with Gasteiger partial charge in [0.15, 0.2) is 5.75 Å². The first-order valence-electron chi connectivity index (χ1n) is 11.1. The van der Waals surface area contributed by atoms with Crippen LogP contribution in [0.25, 0.3) is 17.2 Å². The highest BCUT2D eigenvalue weighted by molar-refractivity contribution is 6.33. The lowest BCUT2D eigenvalue weighted by Crippen LogP contribution is -2.49. The van der Waals surface area contributed by atoms with E-state index in [-0.39, 0.29) is 11.8 Å². The second-order valence-electron chi connectivity index (χ2n) is 7.88. The molecular weight excluding hydrogens is 444 g/mol. The van der Waals surface area contributed by atoms with Crippen LogP contribution in [0.4, 0.5) is 0 Å². The van der Waals surface area contributed by atoms with Gasteiger partial charge in [0.2, 0.25) is 11.8 Å². The lowest BCUT2D eigenvalue weighted by atomic mass is 9.94. The highest BCUT2D eigenvalue weighted by Crippen LogP contribution is 2.44. The molecular formula is C25H27ClN2O5. The van der Waals surface area contributed by atoms with Crippen LogP contribution in [-0.4, -0.2) is 61.0 Å². The maximum Gasteiger partial charge on any atom is 0.246 e. The van der Waals surface area contributed by atoms with Crippen molar-refractivity contribution in [2.45, 2.75) is 20.3 Å². The SMILES string of the molecule is CCOc1ccc(-c2c(Cl)cccc2/C=C/C(=O)N2CCN(C(C)=O)CC2)c2c1CCOO2. The number of amides is 2. The number of hydrogen-bond acceptors (Lipinski definition) is 5. The van der Waals surface area contributed by atoms with Crippen molar-refractivity contribution < 1.29 is 24.1 Å². The zero-order chi connectivity index (χ0) is 23.4. The van der Waals surface area contributed by atoms with E-state index < -0.39 is 0 Å². The smallest absolute Gasteiger partial charge is 0.246 e. The summed E-state index contributed by atoms with van der Waals surface area (Å²) in [7, 11) is 0. The van der Waals surface area contributed by atoms with Gasteiger partial charge >= 0.3 is 0 Å². The highest BCUT2D eigenvalue weighted by atomic mass is 35.5. The number of nitrogens with zero attached hydrogens (tertiary/aromatic N) is 2. The van der Waals surface area contributed by atoms with Gasteiger partial charge in [0.25, 0.3) is 0 Å². The van der Waals surface area contributed by atoms with Gasteiger partial charge in [0.05, 0.1) is 13.2 Å². The lowest BCUT2D eigenvalue weighted by Gasteiger charge is -2.33. The number of carbonyl (C=O) groups excluding carboxylic acids is 2. The molecule has 2 aliphatic heterocycles. The first-order valence-corrected chi connectivity index (χ1v) is 11.5. The van der Waals surface area contributed by atoms with Gasteiger partial charge in [-0.05, 0) is 36.8 Å². The summed E-state index contributed by atoms with van der Waals surface area (Å²) in [6, 6.07) is 9.39. The van der Waals surface area contributed by atoms with Crippen LogP contribution >= 0.6 is 11.6 Å². The summed E-state index contributed by atoms with van der Waals surface area (Å²) < 4.78 is 5.77. The van der Waals surface area contributed by atoms with Gasteiger partial charge in [-0.1, -0.05) is 23.7 Å². The number of hydrogen-bond donors (Lipinski definition) is 0. The molecule has 1 fully saturated rings. The molecule has 0 N–H and O–H groups in total. The average Bonchev–Trinajstić information content (AvgIpc) is 2.83. The van der Waals surface area contributed by atoms with Crippen molar-refractivity contribution in [3.05, 3.63) is 52.6 Å². The summed E-state index contributed by atoms with van der Waals surface area (Å²) in [6.45, 7) is 6.61. The Morgan fingerprint density at radius 2 is 1.88 bits per heavy atom. The Hall–Kier alpha value is -3.03. The van der Waals surface area contributed by atoms with E-state index in [1.165, 1.54) is 0 Å². The predicted octanol–water partition coefficient (Wildman–Crippen LogP) is 3.98. The van der Waals surface area contributed by atoms with E-state index >= 15 is 0 Å². The predicted molar refractivity (Wildman–Crippen MR) is 126 cm³/mol. The van der Waals surface area contributed by atoms with Crippen LogP contribution in [0.5, 0.6) is 11.5 Å². The minimum absolute atomic E-state index is 0.0334. The molecule has 7 nitrogen and oxygen atoms in total. The molecule has 0 radical (unpaired) electrons. The van der Waals surface area contributed by atoms with Gasteiger partial charge in [0.1, 0.15) is 5.75 Å². The second kappa shape index (κ2) is 10.3. The number of carbonyl (C=O) groups is 2. The minimum atomic E-state index is -0.0996. The fraction of sp³-hybridized carbons (Fsp3) is 0.360. The van der Waals surface area contributed by atoms with Gasteiger partial charge in [-0.3, -0.25) is 9.59 Å². The van der Waals surface area contributed by atoms with E-state index in [2.05, 4.69) is 0 Å². The van der Waals surface area contributed by atoms with Crippen molar-refractivity contribution in [1.82, 2.24) is 9.80 Å². The van der Waals surface area contributed by atoms with E-state index in [0.717, 1.165) is 28.0 Å². The highest BCUT2D eigenvalue weighted by Gasteiger charge is 2.24. The molecule has 2 aliphatic rings. The molecule has 2 heterocycles. The van der Waals surface area contributed by atoms with Crippen LogP contribution in [0.15, 0.2) is 36.4 Å². The Morgan fingerprint density at radius 3 is 2.61 bits per heavy atom. The maximum absolute atomic E-state index is 12.8. The van der Waals surface area contributed by atoms with Crippen molar-refractivity contribution in [2.75, 3.05) is 39.4 Å². The Kier molecular flexibility index (Phi) is 7.20. The third-order valence-electron chi connectivity index (χ3n) is 5.85. The number of rotatable bonds is 5. The summed E-state index contributed by atoms with van der Waals surface area (Å²) in [4.78, 5) is 38.6. The summed E-state index contributed by atoms with van der Waals surface area (Å²) >= 11 is 6.62. The number of piperazine rings is 1. The molecule has 174 valence electrons. The molecule has 2 aromatic carbocycles. The van der Waals surface area contributed by atoms with Gasteiger partial charge in [-0.2, -0.15) is 4.89 Å². The van der Waals surface area contributed by atoms with Crippen molar-refractivity contribution in [3.63, 3.8) is 0 Å². The molecule has 2 amide bonds. The fourth-order valence-electron chi connectivity index (χ4n) is 4.15. The number of ether oxygens (including phenoxy) is 1. The molecule has 0 atom stereocenters. The first-order chi connectivity index (χ1) is 16.0. The molecule has 4 rings (SSSR count). The summed E-state index contributed by atoms with van der Waals surface area (Å²) in [5.41, 5.74) is 3.27. The summed E-state index contributed by atoms with van der Waals surface area (Å²) in [5.74, 6) is 1.29. The third kappa shape index (κ3) is 4.99. The number of benzene rings is 2. The Balaban J connectivity index is 1.63. The second-order valence-corrected chi connectivity index (χ2v) is 8.28. The number of halogens is 1. The summed E-state index contributed by atoms with van der Waals surface area (Å²) in [6.07, 6.45) is 3.99. The molecule has 0 bridgehead atoms. The van der Waals surface area contributed by atoms with Crippen LogP contribution in [0.1, 0.15) is 25.0 Å². The molecule has 8 heteroatoms. The van der Waals surface area contributed by atoms with E-state index in [9.17, 15) is 9.59 Å². The van der Waals surface area contributed by atoms with E-state index in [1.54, 1.807) is 28.9 Å². The Morgan fingerprint density at radius 1 is 1.12 bits per heavy atom. The standard InChI is InChI=1S/C25H27ClN2O5/c1-3-31-22-9-8-20(25-19(22)11-16-32-33-25)24-18(5-4-6-21(24)26)7-10-23(30)28-14-12-27(13-15-28)17(2)29/h4-10H,3,11-16H2,1-2H3/b10-7+. The van der Waals surface area contributed by atoms with Crippen molar-refractivity contribution in [1.29, 1.82) is 0 Å². The molecule has 0 aliphatic carbocycles. The van der Waals surface area contributed by atoms with E-state index in [1.807, 2.05) is 37.3 Å². The lowest BCUT2D eigenvalue weighted by molar-refractivity contribution is -0.214. The monoisotopic (exact) mass is 470 g/mol. The summed E-state index contributed by atoms with van der Waals surface area (Å²) in [5, 5.41) is 0.542. The minimum Gasteiger partial charge on any atom is -0.493 e. The van der Waals surface area contributed by atoms with Gasteiger partial charge in [-0.25, -0.2) is 0 Å². The fourth-order valence-corrected chi connectivity index (χ4v) is 4.43. The van der Waals surface area contributed by atoms with E-state index in [0.29, 0.717) is 56.6 Å². The quantitative estimate of drug-likeness (QED) is 0.488. The molecule has 1 saturated heterocycles. The van der Waals surface area contributed by atoms with E-state index in [4.69, 9.17) is 26.1 Å². The average molecular weight is 471 g/mol. The largest absolute Gasteiger partial charge is 0.493 e. The van der Waals surface area contributed by atoms with Gasteiger partial charge in [0, 0.05) is 67.3 Å². The van der Waals surface area contributed by atoms with Crippen LogP contribution in [-0.2, 0) is 20.9 Å². The van der Waals surface area contributed by atoms with Crippen LogP contribution in [0, 0.1) is 0 Å². The zero-order valence-electron chi connectivity index (χ0n) is 18.8. The number of fused-ring (bicyclic) bond motifs is 1. The van der Waals surface area contributed by atoms with Crippen LogP contribution in [0.3, 0.4) is 0 Å². The topological polar surface area (TPSA) is 68.3 Å². The first kappa shape index (κ1) is 23.1. The van der Waals surface area contributed by atoms with Crippen molar-refractivity contribution >= 4 is 29.5 Å². The Labute approximate surface area is 198 Å². The van der Waals surface area contributed by atoms with Gasteiger partial charge < -0.3 is 19.4 Å². The maximum atomic E-state index is 12.8. The molecule has 0 unspecified atom stereocenters. The zero-order valence-corrected chi connectivity index (χ0v) is 19.6. The van der Waals surface area contributed by atoms with Crippen molar-refractivity contribution in [3.8, 4) is 22.6 Å². The molecule has 33 heavy (non-hydrogen) atoms. The van der Waals surface area contributed by atoms with Crippen molar-refractivity contribution in [2.24, 2.45) is 0 Å². The van der Waals surface area contributed by atoms with Crippen LogP contribution in [0.2, 0.25) is 5.02 Å². The molecule has 0 saturated carbocycles. The molecule has 0 spiro atoms. The van der Waals surface area contributed by atoms with Gasteiger partial charge in [-0.15, -0.1) is 0 Å². The molecule has 2 aromatic rings. The molecule has 0 aromatic heterocycles. The Bertz CT molecular complexity index is 1080. The normalized spacial score (nSPS) is 15.8. The van der Waals surface area contributed by atoms with Crippen LogP contribution < -0.4 is 9.62 Å². The third-order valence-corrected chi connectivity index (χ3v) is 6.17.